The lowest BCUT2D eigenvalue weighted by Crippen LogP contribution is -2.67. The number of aryl methyl sites for hydroxylation is 1. The summed E-state index contributed by atoms with van der Waals surface area (Å²) < 4.78 is 10.9. The van der Waals surface area contributed by atoms with Crippen molar-refractivity contribution in [2.45, 2.75) is 75.6 Å². The number of benzene rings is 1. The van der Waals surface area contributed by atoms with Crippen molar-refractivity contribution in [2.75, 3.05) is 19.0 Å². The standard InChI is InChI=1S/C23H34N2O9/c1-13(27)24-16-8-6-15(7-9-16)5-4-10-23(22(32)33-3)11-17(29)19(25-14(2)28)21(34-23)20(31)18(30)12-26/h6-9,17-21,26,29-31H,4-5,10-12H2,1-3H3,(H,24,27)(H,25,28)/t17-,18+,19+,20+,21+,23+/m0/s1. The number of methoxy groups -OCH3 is 1. The van der Waals surface area contributed by atoms with Crippen molar-refractivity contribution < 1.29 is 44.3 Å². The van der Waals surface area contributed by atoms with E-state index >= 15 is 0 Å². The highest BCUT2D eigenvalue weighted by Gasteiger charge is 2.54. The third kappa shape index (κ3) is 6.97. The molecular formula is C23H34N2O9. The van der Waals surface area contributed by atoms with E-state index in [-0.39, 0.29) is 18.7 Å². The summed E-state index contributed by atoms with van der Waals surface area (Å²) in [6.07, 6.45) is -5.09. The number of amides is 2. The molecule has 1 aromatic carbocycles. The summed E-state index contributed by atoms with van der Waals surface area (Å²) in [7, 11) is 1.18. The number of carbonyl (C=O) groups excluding carboxylic acids is 3. The van der Waals surface area contributed by atoms with Crippen LogP contribution in [0, 0.1) is 0 Å². The van der Waals surface area contributed by atoms with Crippen molar-refractivity contribution in [3.8, 4) is 0 Å². The number of carbonyl (C=O) groups is 3. The van der Waals surface area contributed by atoms with Crippen molar-refractivity contribution in [2.24, 2.45) is 0 Å². The number of aliphatic hydroxyl groups is 4. The van der Waals surface area contributed by atoms with Crippen molar-refractivity contribution in [3.63, 3.8) is 0 Å². The first-order chi connectivity index (χ1) is 16.0. The van der Waals surface area contributed by atoms with Gasteiger partial charge in [0.15, 0.2) is 5.60 Å². The number of ether oxygens (including phenoxy) is 2. The molecule has 0 aliphatic carbocycles. The molecule has 1 aliphatic heterocycles. The molecule has 2 amide bonds. The van der Waals surface area contributed by atoms with Gasteiger partial charge in [-0.3, -0.25) is 9.59 Å². The Bertz CT molecular complexity index is 847. The molecule has 190 valence electrons. The molecule has 6 N–H and O–H groups in total. The molecule has 1 heterocycles. The van der Waals surface area contributed by atoms with Gasteiger partial charge < -0.3 is 40.5 Å². The molecule has 0 bridgehead atoms. The number of anilines is 1. The van der Waals surface area contributed by atoms with Crippen LogP contribution in [0.2, 0.25) is 0 Å². The fourth-order valence-corrected chi connectivity index (χ4v) is 4.20. The molecular weight excluding hydrogens is 448 g/mol. The zero-order valence-electron chi connectivity index (χ0n) is 19.6. The second kappa shape index (κ2) is 12.2. The van der Waals surface area contributed by atoms with Crippen molar-refractivity contribution in [3.05, 3.63) is 29.8 Å². The van der Waals surface area contributed by atoms with E-state index < -0.39 is 54.5 Å². The molecule has 0 saturated carbocycles. The van der Waals surface area contributed by atoms with Gasteiger partial charge in [-0.25, -0.2) is 4.79 Å². The van der Waals surface area contributed by atoms with Gasteiger partial charge in [-0.1, -0.05) is 12.1 Å². The Kier molecular flexibility index (Phi) is 9.95. The lowest BCUT2D eigenvalue weighted by atomic mass is 9.80. The minimum Gasteiger partial charge on any atom is -0.467 e. The SMILES string of the molecule is COC(=O)[C@@]1(CCCc2ccc(NC(C)=O)cc2)C[C@H](O)[C@@H](NC(C)=O)[C@H]([C@H](O)[C@H](O)CO)O1. The Labute approximate surface area is 198 Å². The van der Waals surface area contributed by atoms with Crippen LogP contribution >= 0.6 is 0 Å². The van der Waals surface area contributed by atoms with Crippen LogP contribution in [0.15, 0.2) is 24.3 Å². The normalized spacial score (nSPS) is 26.3. The van der Waals surface area contributed by atoms with Crippen LogP contribution in [-0.2, 0) is 30.3 Å². The van der Waals surface area contributed by atoms with Crippen molar-refractivity contribution in [1.29, 1.82) is 0 Å². The van der Waals surface area contributed by atoms with Gasteiger partial charge >= 0.3 is 5.97 Å². The predicted octanol–water partition coefficient (Wildman–Crippen LogP) is -0.752. The Morgan fingerprint density at radius 3 is 2.35 bits per heavy atom. The molecule has 1 aromatic rings. The summed E-state index contributed by atoms with van der Waals surface area (Å²) in [6, 6.07) is 6.07. The molecule has 6 atom stereocenters. The number of nitrogens with one attached hydrogen (secondary N) is 2. The molecule has 2 rings (SSSR count). The maximum atomic E-state index is 12.8. The van der Waals surface area contributed by atoms with Crippen molar-refractivity contribution >= 4 is 23.5 Å². The molecule has 0 spiro atoms. The molecule has 1 fully saturated rings. The average molecular weight is 483 g/mol. The van der Waals surface area contributed by atoms with E-state index in [4.69, 9.17) is 9.47 Å². The summed E-state index contributed by atoms with van der Waals surface area (Å²) in [5, 5.41) is 45.7. The maximum Gasteiger partial charge on any atom is 0.338 e. The van der Waals surface area contributed by atoms with E-state index in [0.717, 1.165) is 5.56 Å². The quantitative estimate of drug-likeness (QED) is 0.234. The third-order valence-electron chi connectivity index (χ3n) is 5.83. The van der Waals surface area contributed by atoms with E-state index in [2.05, 4.69) is 10.6 Å². The molecule has 11 heteroatoms. The smallest absolute Gasteiger partial charge is 0.338 e. The minimum absolute atomic E-state index is 0.120. The summed E-state index contributed by atoms with van der Waals surface area (Å²) in [5.41, 5.74) is -0.0433. The van der Waals surface area contributed by atoms with E-state index in [1.807, 2.05) is 12.1 Å². The third-order valence-corrected chi connectivity index (χ3v) is 5.83. The Morgan fingerprint density at radius 1 is 1.18 bits per heavy atom. The van der Waals surface area contributed by atoms with Gasteiger partial charge in [0, 0.05) is 26.0 Å². The number of hydrogen-bond acceptors (Lipinski definition) is 9. The minimum atomic E-state index is -1.69. The van der Waals surface area contributed by atoms with Crippen LogP contribution in [0.4, 0.5) is 5.69 Å². The van der Waals surface area contributed by atoms with E-state index in [1.54, 1.807) is 12.1 Å². The summed E-state index contributed by atoms with van der Waals surface area (Å²) >= 11 is 0. The van der Waals surface area contributed by atoms with Crippen LogP contribution in [0.1, 0.15) is 38.7 Å². The van der Waals surface area contributed by atoms with Gasteiger partial charge in [0.1, 0.15) is 18.3 Å². The molecule has 0 radical (unpaired) electrons. The zero-order chi connectivity index (χ0) is 25.5. The summed E-state index contributed by atoms with van der Waals surface area (Å²) in [6.45, 7) is 1.85. The number of aliphatic hydroxyl groups excluding tert-OH is 4. The van der Waals surface area contributed by atoms with Crippen LogP contribution in [0.5, 0.6) is 0 Å². The summed E-state index contributed by atoms with van der Waals surface area (Å²) in [4.78, 5) is 35.6. The molecule has 0 aromatic heterocycles. The Hall–Kier alpha value is -2.57. The number of esters is 1. The first kappa shape index (κ1) is 27.7. The van der Waals surface area contributed by atoms with Crippen LogP contribution < -0.4 is 10.6 Å². The average Bonchev–Trinajstić information content (AvgIpc) is 2.79. The highest BCUT2D eigenvalue weighted by Crippen LogP contribution is 2.36. The monoisotopic (exact) mass is 482 g/mol. The lowest BCUT2D eigenvalue weighted by molar-refractivity contribution is -0.233. The Morgan fingerprint density at radius 2 is 1.82 bits per heavy atom. The van der Waals surface area contributed by atoms with Gasteiger partial charge in [0.05, 0.1) is 25.9 Å². The van der Waals surface area contributed by atoms with E-state index in [1.165, 1.54) is 21.0 Å². The molecule has 1 saturated heterocycles. The lowest BCUT2D eigenvalue weighted by Gasteiger charge is -2.47. The highest BCUT2D eigenvalue weighted by atomic mass is 16.6. The molecule has 11 nitrogen and oxygen atoms in total. The van der Waals surface area contributed by atoms with E-state index in [0.29, 0.717) is 18.5 Å². The maximum absolute atomic E-state index is 12.8. The van der Waals surface area contributed by atoms with E-state index in [9.17, 15) is 34.8 Å². The van der Waals surface area contributed by atoms with Gasteiger partial charge in [-0.15, -0.1) is 0 Å². The molecule has 0 unspecified atom stereocenters. The second-order valence-corrected chi connectivity index (χ2v) is 8.54. The fourth-order valence-electron chi connectivity index (χ4n) is 4.20. The predicted molar refractivity (Wildman–Crippen MR) is 121 cm³/mol. The van der Waals surface area contributed by atoms with Gasteiger partial charge in [-0.05, 0) is 37.0 Å². The summed E-state index contributed by atoms with van der Waals surface area (Å²) in [5.74, 6) is -1.44. The van der Waals surface area contributed by atoms with Gasteiger partial charge in [-0.2, -0.15) is 0 Å². The van der Waals surface area contributed by atoms with Gasteiger partial charge in [0.2, 0.25) is 11.8 Å². The number of hydrogen-bond donors (Lipinski definition) is 6. The van der Waals surface area contributed by atoms with Crippen LogP contribution in [-0.4, -0.2) is 88.0 Å². The topological polar surface area (TPSA) is 175 Å². The Balaban J connectivity index is 2.21. The molecule has 1 aliphatic rings. The molecule has 34 heavy (non-hydrogen) atoms. The second-order valence-electron chi connectivity index (χ2n) is 8.54. The first-order valence-electron chi connectivity index (χ1n) is 11.1. The van der Waals surface area contributed by atoms with Crippen LogP contribution in [0.25, 0.3) is 0 Å². The zero-order valence-corrected chi connectivity index (χ0v) is 19.6. The van der Waals surface area contributed by atoms with Gasteiger partial charge in [0.25, 0.3) is 0 Å². The first-order valence-corrected chi connectivity index (χ1v) is 11.1. The van der Waals surface area contributed by atoms with Crippen molar-refractivity contribution in [1.82, 2.24) is 5.32 Å². The largest absolute Gasteiger partial charge is 0.467 e. The van der Waals surface area contributed by atoms with Crippen LogP contribution in [0.3, 0.4) is 0 Å². The highest BCUT2D eigenvalue weighted by molar-refractivity contribution is 5.88. The number of rotatable bonds is 10. The fraction of sp³-hybridized carbons (Fsp3) is 0.609.